The Bertz CT molecular complexity index is 507. The number of hydrogen-bond donors (Lipinski definition) is 1. The lowest BCUT2D eigenvalue weighted by atomic mass is 10.3. The zero-order chi connectivity index (χ0) is 10.8. The van der Waals surface area contributed by atoms with Crippen molar-refractivity contribution >= 4 is 23.4 Å². The van der Waals surface area contributed by atoms with Crippen molar-refractivity contribution in [2.24, 2.45) is 0 Å². The van der Waals surface area contributed by atoms with E-state index in [0.29, 0.717) is 0 Å². The molecule has 0 unspecified atom stereocenters. The van der Waals surface area contributed by atoms with E-state index in [1.807, 2.05) is 12.5 Å². The molecule has 0 bridgehead atoms. The van der Waals surface area contributed by atoms with Crippen molar-refractivity contribution in [1.29, 1.82) is 0 Å². The summed E-state index contributed by atoms with van der Waals surface area (Å²) in [5, 5.41) is 8.82. The summed E-state index contributed by atoms with van der Waals surface area (Å²) in [6, 6.07) is 3.28. The van der Waals surface area contributed by atoms with Crippen molar-refractivity contribution in [3.05, 3.63) is 35.8 Å². The van der Waals surface area contributed by atoms with Crippen molar-refractivity contribution in [3.8, 4) is 0 Å². The summed E-state index contributed by atoms with van der Waals surface area (Å²) in [6.07, 6.45) is 5.44. The molecule has 0 aromatic carbocycles. The molecule has 5 heteroatoms. The molecular weight excluding hydrogens is 212 g/mol. The Morgan fingerprint density at radius 1 is 1.53 bits per heavy atom. The van der Waals surface area contributed by atoms with Crippen molar-refractivity contribution < 1.29 is 9.90 Å². The first-order chi connectivity index (χ1) is 7.20. The standard InChI is InChI=1S/C10H10N2O2S/c1-15-6-8-5-12-4-7(10(13)14)2-3-9(12)11-8/h2-5H,6H2,1H3,(H,13,14). The Morgan fingerprint density at radius 2 is 2.33 bits per heavy atom. The molecule has 2 heterocycles. The van der Waals surface area contributed by atoms with Crippen LogP contribution in [0.2, 0.25) is 0 Å². The number of imidazole rings is 1. The van der Waals surface area contributed by atoms with Gasteiger partial charge in [0, 0.05) is 18.1 Å². The second-order valence-electron chi connectivity index (χ2n) is 3.15. The van der Waals surface area contributed by atoms with Gasteiger partial charge in [-0.15, -0.1) is 0 Å². The van der Waals surface area contributed by atoms with Crippen LogP contribution in [0.5, 0.6) is 0 Å². The maximum atomic E-state index is 10.7. The highest BCUT2D eigenvalue weighted by molar-refractivity contribution is 7.97. The molecular formula is C10H10N2O2S. The Hall–Kier alpha value is -1.49. The first-order valence-electron chi connectivity index (χ1n) is 4.40. The highest BCUT2D eigenvalue weighted by Crippen LogP contribution is 2.11. The molecule has 0 radical (unpaired) electrons. The van der Waals surface area contributed by atoms with Crippen molar-refractivity contribution in [3.63, 3.8) is 0 Å². The number of pyridine rings is 1. The van der Waals surface area contributed by atoms with E-state index >= 15 is 0 Å². The maximum absolute atomic E-state index is 10.7. The normalized spacial score (nSPS) is 10.7. The van der Waals surface area contributed by atoms with Crippen LogP contribution in [-0.2, 0) is 5.75 Å². The van der Waals surface area contributed by atoms with Gasteiger partial charge in [0.2, 0.25) is 0 Å². The molecule has 0 amide bonds. The van der Waals surface area contributed by atoms with E-state index in [9.17, 15) is 4.79 Å². The summed E-state index contributed by atoms with van der Waals surface area (Å²) in [6.45, 7) is 0. The largest absolute Gasteiger partial charge is 0.478 e. The number of fused-ring (bicyclic) bond motifs is 1. The molecule has 0 aliphatic rings. The summed E-state index contributed by atoms with van der Waals surface area (Å²) < 4.78 is 1.75. The SMILES string of the molecule is CSCc1cn2cc(C(=O)O)ccc2n1. The number of thioether (sulfide) groups is 1. The van der Waals surface area contributed by atoms with Crippen LogP contribution in [0.4, 0.5) is 0 Å². The molecule has 15 heavy (non-hydrogen) atoms. The Kier molecular flexibility index (Phi) is 2.64. The lowest BCUT2D eigenvalue weighted by Gasteiger charge is -1.95. The second-order valence-corrected chi connectivity index (χ2v) is 4.02. The van der Waals surface area contributed by atoms with Crippen LogP contribution in [0.25, 0.3) is 5.65 Å². The number of carboxylic acids is 1. The van der Waals surface area contributed by atoms with Crippen molar-refractivity contribution in [1.82, 2.24) is 9.38 Å². The fourth-order valence-electron chi connectivity index (χ4n) is 1.39. The monoisotopic (exact) mass is 222 g/mol. The average molecular weight is 222 g/mol. The van der Waals surface area contributed by atoms with Gasteiger partial charge < -0.3 is 9.51 Å². The van der Waals surface area contributed by atoms with Crippen LogP contribution in [0, 0.1) is 0 Å². The zero-order valence-corrected chi connectivity index (χ0v) is 8.99. The van der Waals surface area contributed by atoms with E-state index in [4.69, 9.17) is 5.11 Å². The summed E-state index contributed by atoms with van der Waals surface area (Å²) in [7, 11) is 0. The third-order valence-electron chi connectivity index (χ3n) is 2.04. The van der Waals surface area contributed by atoms with Gasteiger partial charge in [-0.1, -0.05) is 0 Å². The number of aromatic nitrogens is 2. The molecule has 0 aliphatic heterocycles. The van der Waals surface area contributed by atoms with Crippen LogP contribution in [-0.4, -0.2) is 26.7 Å². The van der Waals surface area contributed by atoms with E-state index in [2.05, 4.69) is 4.98 Å². The molecule has 0 spiro atoms. The third kappa shape index (κ3) is 1.97. The Labute approximate surface area is 90.9 Å². The number of nitrogens with zero attached hydrogens (tertiary/aromatic N) is 2. The lowest BCUT2D eigenvalue weighted by molar-refractivity contribution is 0.0696. The topological polar surface area (TPSA) is 54.6 Å². The van der Waals surface area contributed by atoms with Crippen LogP contribution < -0.4 is 0 Å². The van der Waals surface area contributed by atoms with E-state index in [1.54, 1.807) is 34.5 Å². The predicted octanol–water partition coefficient (Wildman–Crippen LogP) is 1.90. The van der Waals surface area contributed by atoms with E-state index in [0.717, 1.165) is 17.1 Å². The number of hydrogen-bond acceptors (Lipinski definition) is 3. The third-order valence-corrected chi connectivity index (χ3v) is 2.62. The van der Waals surface area contributed by atoms with Gasteiger partial charge in [-0.25, -0.2) is 9.78 Å². The van der Waals surface area contributed by atoms with Gasteiger partial charge in [0.25, 0.3) is 0 Å². The molecule has 2 rings (SSSR count). The zero-order valence-electron chi connectivity index (χ0n) is 8.17. The number of rotatable bonds is 3. The number of carboxylic acid groups (broad SMARTS) is 1. The minimum Gasteiger partial charge on any atom is -0.478 e. The summed E-state index contributed by atoms with van der Waals surface area (Å²) >= 11 is 1.69. The van der Waals surface area contributed by atoms with Crippen molar-refractivity contribution in [2.75, 3.05) is 6.26 Å². The number of aromatic carboxylic acids is 1. The Balaban J connectivity index is 2.47. The fourth-order valence-corrected chi connectivity index (χ4v) is 1.82. The van der Waals surface area contributed by atoms with Crippen LogP contribution in [0.15, 0.2) is 24.5 Å². The van der Waals surface area contributed by atoms with Crippen LogP contribution >= 0.6 is 11.8 Å². The first kappa shape index (κ1) is 10.0. The first-order valence-corrected chi connectivity index (χ1v) is 5.80. The van der Waals surface area contributed by atoms with Gasteiger partial charge in [0.1, 0.15) is 5.65 Å². The van der Waals surface area contributed by atoms with Gasteiger partial charge in [-0.2, -0.15) is 11.8 Å². The lowest BCUT2D eigenvalue weighted by Crippen LogP contribution is -1.97. The molecule has 2 aromatic rings. The Morgan fingerprint density at radius 3 is 3.00 bits per heavy atom. The molecule has 1 N–H and O–H groups in total. The molecule has 0 saturated heterocycles. The average Bonchev–Trinajstić information content (AvgIpc) is 2.59. The smallest absolute Gasteiger partial charge is 0.337 e. The molecule has 4 nitrogen and oxygen atoms in total. The quantitative estimate of drug-likeness (QED) is 0.861. The molecule has 0 saturated carbocycles. The van der Waals surface area contributed by atoms with Crippen LogP contribution in [0.1, 0.15) is 16.1 Å². The minimum absolute atomic E-state index is 0.274. The van der Waals surface area contributed by atoms with Crippen molar-refractivity contribution in [2.45, 2.75) is 5.75 Å². The van der Waals surface area contributed by atoms with E-state index in [-0.39, 0.29) is 5.56 Å². The van der Waals surface area contributed by atoms with E-state index in [1.165, 1.54) is 0 Å². The summed E-state index contributed by atoms with van der Waals surface area (Å²) in [5.41, 5.74) is 2.02. The second kappa shape index (κ2) is 3.94. The summed E-state index contributed by atoms with van der Waals surface area (Å²) in [4.78, 5) is 15.1. The maximum Gasteiger partial charge on any atom is 0.337 e. The van der Waals surface area contributed by atoms with Gasteiger partial charge >= 0.3 is 5.97 Å². The highest BCUT2D eigenvalue weighted by Gasteiger charge is 2.05. The minimum atomic E-state index is -0.919. The highest BCUT2D eigenvalue weighted by atomic mass is 32.2. The molecule has 0 atom stereocenters. The summed E-state index contributed by atoms with van der Waals surface area (Å²) in [5.74, 6) is -0.0820. The van der Waals surface area contributed by atoms with Gasteiger partial charge in [-0.05, 0) is 18.4 Å². The molecule has 78 valence electrons. The molecule has 0 aliphatic carbocycles. The van der Waals surface area contributed by atoms with Gasteiger partial charge in [0.15, 0.2) is 0 Å². The fraction of sp³-hybridized carbons (Fsp3) is 0.200. The molecule has 0 fully saturated rings. The predicted molar refractivity (Wildman–Crippen MR) is 59.4 cm³/mol. The van der Waals surface area contributed by atoms with E-state index < -0.39 is 5.97 Å². The number of carbonyl (C=O) groups is 1. The molecule has 2 aromatic heterocycles. The van der Waals surface area contributed by atoms with Gasteiger partial charge in [0.05, 0.1) is 11.3 Å². The van der Waals surface area contributed by atoms with Crippen LogP contribution in [0.3, 0.4) is 0 Å². The van der Waals surface area contributed by atoms with Gasteiger partial charge in [-0.3, -0.25) is 0 Å².